The SMILES string of the molecule is CCCCCCCCCCCCCCCCCC[N+](C)(CCCCCCCCCCCCCCCCCC)CC(=O)O. The Kier molecular flexibility index (Phi) is 32.9. The van der Waals surface area contributed by atoms with Crippen molar-refractivity contribution in [2.75, 3.05) is 26.7 Å². The van der Waals surface area contributed by atoms with E-state index in [4.69, 9.17) is 0 Å². The highest BCUT2D eigenvalue weighted by Gasteiger charge is 2.24. The molecule has 0 aromatic carbocycles. The second-order valence-corrected chi connectivity index (χ2v) is 14.2. The monoisotopic (exact) mass is 595 g/mol. The Morgan fingerprint density at radius 1 is 0.381 bits per heavy atom. The Balaban J connectivity index is 3.60. The molecule has 0 aromatic heterocycles. The number of carbonyl (C=O) groups is 1. The quantitative estimate of drug-likeness (QED) is 0.0578. The zero-order chi connectivity index (χ0) is 30.8. The molecule has 0 unspecified atom stereocenters. The average Bonchev–Trinajstić information content (AvgIpc) is 2.96. The number of carboxylic acid groups (broad SMARTS) is 1. The maximum atomic E-state index is 11.5. The van der Waals surface area contributed by atoms with E-state index in [1.54, 1.807) is 0 Å². The van der Waals surface area contributed by atoms with Crippen LogP contribution in [0.25, 0.3) is 0 Å². The predicted octanol–water partition coefficient (Wildman–Crippen LogP) is 13.0. The third-order valence-electron chi connectivity index (χ3n) is 9.62. The summed E-state index contributed by atoms with van der Waals surface area (Å²) < 4.78 is 0.729. The highest BCUT2D eigenvalue weighted by molar-refractivity contribution is 5.67. The van der Waals surface area contributed by atoms with Crippen molar-refractivity contribution < 1.29 is 14.4 Å². The second-order valence-electron chi connectivity index (χ2n) is 14.2. The van der Waals surface area contributed by atoms with Gasteiger partial charge >= 0.3 is 5.97 Å². The number of rotatable bonds is 36. The van der Waals surface area contributed by atoms with E-state index in [2.05, 4.69) is 20.9 Å². The largest absolute Gasteiger partial charge is 0.477 e. The van der Waals surface area contributed by atoms with Crippen LogP contribution >= 0.6 is 0 Å². The molecule has 0 aromatic rings. The van der Waals surface area contributed by atoms with Gasteiger partial charge in [0, 0.05) is 0 Å². The topological polar surface area (TPSA) is 37.3 Å². The summed E-state index contributed by atoms with van der Waals surface area (Å²) in [5, 5.41) is 9.50. The van der Waals surface area contributed by atoms with E-state index < -0.39 is 5.97 Å². The first kappa shape index (κ1) is 41.4. The molecule has 1 N–H and O–H groups in total. The number of hydrogen-bond acceptors (Lipinski definition) is 1. The van der Waals surface area contributed by atoms with Crippen molar-refractivity contribution in [1.29, 1.82) is 0 Å². The van der Waals surface area contributed by atoms with Gasteiger partial charge in [-0.1, -0.05) is 194 Å². The molecule has 3 nitrogen and oxygen atoms in total. The van der Waals surface area contributed by atoms with Crippen molar-refractivity contribution in [2.45, 2.75) is 219 Å². The predicted molar refractivity (Wildman–Crippen MR) is 188 cm³/mol. The minimum absolute atomic E-state index is 0.289. The summed E-state index contributed by atoms with van der Waals surface area (Å²) in [7, 11) is 2.19. The van der Waals surface area contributed by atoms with Crippen molar-refractivity contribution in [3.8, 4) is 0 Å². The van der Waals surface area contributed by atoms with Crippen molar-refractivity contribution in [1.82, 2.24) is 0 Å². The summed E-state index contributed by atoms with van der Waals surface area (Å²) >= 11 is 0. The van der Waals surface area contributed by atoms with Gasteiger partial charge < -0.3 is 9.59 Å². The lowest BCUT2D eigenvalue weighted by Crippen LogP contribution is -2.49. The summed E-state index contributed by atoms with van der Waals surface area (Å²) in [5.74, 6) is -0.634. The molecular weight excluding hydrogens is 514 g/mol. The Labute approximate surface area is 266 Å². The molecular formula is C39H80NO2+. The molecule has 0 atom stereocenters. The normalized spacial score (nSPS) is 11.9. The van der Waals surface area contributed by atoms with Gasteiger partial charge in [-0.2, -0.15) is 0 Å². The van der Waals surface area contributed by atoms with E-state index in [0.29, 0.717) is 0 Å². The molecule has 0 radical (unpaired) electrons. The standard InChI is InChI=1S/C39H79NO2/c1-4-6-8-10-12-14-16-18-20-22-24-26-28-30-32-34-36-40(3,38-39(41)42)37-35-33-31-29-27-25-23-21-19-17-15-13-11-9-7-5-2/h4-38H2,1-3H3/p+1. The second kappa shape index (κ2) is 33.3. The number of quaternary nitrogens is 1. The van der Waals surface area contributed by atoms with E-state index >= 15 is 0 Å². The molecule has 0 saturated heterocycles. The maximum Gasteiger partial charge on any atom is 0.359 e. The van der Waals surface area contributed by atoms with Gasteiger partial charge in [-0.25, -0.2) is 4.79 Å². The van der Waals surface area contributed by atoms with Crippen LogP contribution in [0.4, 0.5) is 0 Å². The van der Waals surface area contributed by atoms with Crippen LogP contribution in [-0.2, 0) is 4.79 Å². The number of hydrogen-bond donors (Lipinski definition) is 1. The van der Waals surface area contributed by atoms with Crippen LogP contribution in [0.15, 0.2) is 0 Å². The zero-order valence-electron chi connectivity index (χ0n) is 29.6. The van der Waals surface area contributed by atoms with Gasteiger partial charge in [0.05, 0.1) is 20.1 Å². The van der Waals surface area contributed by atoms with E-state index in [1.165, 1.54) is 205 Å². The van der Waals surface area contributed by atoms with Crippen molar-refractivity contribution in [3.63, 3.8) is 0 Å². The smallest absolute Gasteiger partial charge is 0.359 e. The van der Waals surface area contributed by atoms with E-state index in [1.807, 2.05) is 0 Å². The fraction of sp³-hybridized carbons (Fsp3) is 0.974. The molecule has 252 valence electrons. The van der Waals surface area contributed by atoms with Crippen LogP contribution in [0.3, 0.4) is 0 Å². The van der Waals surface area contributed by atoms with Crippen LogP contribution in [0.5, 0.6) is 0 Å². The Bertz CT molecular complexity index is 498. The van der Waals surface area contributed by atoms with Crippen molar-refractivity contribution in [2.24, 2.45) is 0 Å². The molecule has 0 aliphatic heterocycles. The summed E-state index contributed by atoms with van der Waals surface area (Å²) in [6.07, 6.45) is 44.4. The van der Waals surface area contributed by atoms with Gasteiger partial charge in [-0.3, -0.25) is 0 Å². The highest BCUT2D eigenvalue weighted by Crippen LogP contribution is 2.17. The number of aliphatic carboxylic acids is 1. The summed E-state index contributed by atoms with van der Waals surface area (Å²) in [5.41, 5.74) is 0. The summed E-state index contributed by atoms with van der Waals surface area (Å²) in [6.45, 7) is 6.94. The van der Waals surface area contributed by atoms with Gasteiger partial charge in [0.2, 0.25) is 0 Å². The third kappa shape index (κ3) is 32.3. The number of likely N-dealkylation sites (N-methyl/N-ethyl adjacent to an activating group) is 1. The van der Waals surface area contributed by atoms with E-state index in [0.717, 1.165) is 17.6 Å². The molecule has 0 bridgehead atoms. The van der Waals surface area contributed by atoms with Gasteiger partial charge in [0.1, 0.15) is 0 Å². The fourth-order valence-corrected chi connectivity index (χ4v) is 6.68. The minimum atomic E-state index is -0.634. The molecule has 0 amide bonds. The van der Waals surface area contributed by atoms with Crippen molar-refractivity contribution >= 4 is 5.97 Å². The Morgan fingerprint density at radius 2 is 0.571 bits per heavy atom. The fourth-order valence-electron chi connectivity index (χ4n) is 6.68. The molecule has 3 heteroatoms. The van der Waals surface area contributed by atoms with Crippen LogP contribution in [0.2, 0.25) is 0 Å². The summed E-state index contributed by atoms with van der Waals surface area (Å²) in [6, 6.07) is 0. The van der Waals surface area contributed by atoms with Crippen LogP contribution < -0.4 is 0 Å². The molecule has 0 fully saturated rings. The summed E-state index contributed by atoms with van der Waals surface area (Å²) in [4.78, 5) is 11.5. The Morgan fingerprint density at radius 3 is 0.762 bits per heavy atom. The van der Waals surface area contributed by atoms with Crippen LogP contribution in [0, 0.1) is 0 Å². The molecule has 0 spiro atoms. The lowest BCUT2D eigenvalue weighted by atomic mass is 10.0. The van der Waals surface area contributed by atoms with E-state index in [-0.39, 0.29) is 6.54 Å². The highest BCUT2D eigenvalue weighted by atomic mass is 16.4. The number of unbranched alkanes of at least 4 members (excludes halogenated alkanes) is 30. The van der Waals surface area contributed by atoms with Gasteiger partial charge in [0.15, 0.2) is 6.54 Å². The molecule has 42 heavy (non-hydrogen) atoms. The lowest BCUT2D eigenvalue weighted by molar-refractivity contribution is -0.903. The molecule has 0 aliphatic carbocycles. The van der Waals surface area contributed by atoms with Crippen molar-refractivity contribution in [3.05, 3.63) is 0 Å². The lowest BCUT2D eigenvalue weighted by Gasteiger charge is -2.33. The van der Waals surface area contributed by atoms with Crippen LogP contribution in [-0.4, -0.2) is 42.2 Å². The first-order valence-corrected chi connectivity index (χ1v) is 19.6. The maximum absolute atomic E-state index is 11.5. The Hall–Kier alpha value is -0.570. The third-order valence-corrected chi connectivity index (χ3v) is 9.62. The van der Waals surface area contributed by atoms with Crippen LogP contribution in [0.1, 0.15) is 219 Å². The number of carboxylic acids is 1. The zero-order valence-corrected chi connectivity index (χ0v) is 29.6. The van der Waals surface area contributed by atoms with E-state index in [9.17, 15) is 9.90 Å². The van der Waals surface area contributed by atoms with Gasteiger partial charge in [-0.15, -0.1) is 0 Å². The molecule has 0 saturated carbocycles. The first-order chi connectivity index (χ1) is 20.5. The first-order valence-electron chi connectivity index (χ1n) is 19.6. The molecule has 0 aliphatic rings. The number of nitrogens with zero attached hydrogens (tertiary/aromatic N) is 1. The van der Waals surface area contributed by atoms with Gasteiger partial charge in [-0.05, 0) is 25.7 Å². The average molecular weight is 595 g/mol. The molecule has 0 heterocycles. The van der Waals surface area contributed by atoms with Gasteiger partial charge in [0.25, 0.3) is 0 Å². The molecule has 0 rings (SSSR count). The minimum Gasteiger partial charge on any atom is -0.477 e.